The van der Waals surface area contributed by atoms with Crippen molar-refractivity contribution in [3.05, 3.63) is 29.8 Å². The zero-order chi connectivity index (χ0) is 12.3. The van der Waals surface area contributed by atoms with E-state index in [9.17, 15) is 4.39 Å². The van der Waals surface area contributed by atoms with Crippen LogP contribution in [-0.4, -0.2) is 4.98 Å². The van der Waals surface area contributed by atoms with Crippen molar-refractivity contribution < 1.29 is 4.39 Å². The van der Waals surface area contributed by atoms with E-state index in [1.807, 2.05) is 0 Å². The predicted octanol–water partition coefficient (Wildman–Crippen LogP) is 2.02. The van der Waals surface area contributed by atoms with Gasteiger partial charge in [-0.1, -0.05) is 0 Å². The molecular weight excluding hydrogens is 229 g/mol. The molecule has 4 rings (SSSR count). The van der Waals surface area contributed by atoms with Crippen LogP contribution in [0.4, 0.5) is 4.39 Å². The Bertz CT molecular complexity index is 462. The Morgan fingerprint density at radius 3 is 2.61 bits per heavy atom. The first-order chi connectivity index (χ1) is 8.79. The summed E-state index contributed by atoms with van der Waals surface area (Å²) in [6.45, 7) is 0. The minimum atomic E-state index is -0.276. The van der Waals surface area contributed by atoms with Crippen molar-refractivity contribution in [3.63, 3.8) is 0 Å². The highest BCUT2D eigenvalue weighted by molar-refractivity contribution is 5.24. The van der Waals surface area contributed by atoms with E-state index in [-0.39, 0.29) is 11.9 Å². The summed E-state index contributed by atoms with van der Waals surface area (Å²) in [6, 6.07) is 1.64. The molecule has 3 aliphatic rings. The van der Waals surface area contributed by atoms with Gasteiger partial charge in [0.15, 0.2) is 0 Å². The topological polar surface area (TPSA) is 50.9 Å². The van der Waals surface area contributed by atoms with Crippen LogP contribution in [0.15, 0.2) is 18.5 Å². The first-order valence-electron chi connectivity index (χ1n) is 6.86. The van der Waals surface area contributed by atoms with Gasteiger partial charge in [0.05, 0.1) is 12.2 Å². The van der Waals surface area contributed by atoms with E-state index in [0.717, 1.165) is 29.2 Å². The average molecular weight is 247 g/mol. The number of nitrogens with two attached hydrogens (primary N) is 1. The van der Waals surface area contributed by atoms with Crippen molar-refractivity contribution in [1.29, 1.82) is 0 Å². The molecule has 1 aromatic heterocycles. The molecule has 0 amide bonds. The smallest absolute Gasteiger partial charge is 0.141 e. The third-order valence-corrected chi connectivity index (χ3v) is 5.44. The summed E-state index contributed by atoms with van der Waals surface area (Å²) in [7, 11) is 0. The highest BCUT2D eigenvalue weighted by Crippen LogP contribution is 2.72. The molecule has 1 aromatic rings. The Morgan fingerprint density at radius 1 is 1.28 bits per heavy atom. The lowest BCUT2D eigenvalue weighted by Gasteiger charge is -2.19. The fourth-order valence-electron chi connectivity index (χ4n) is 4.87. The zero-order valence-electron chi connectivity index (χ0n) is 10.2. The van der Waals surface area contributed by atoms with Crippen molar-refractivity contribution in [2.45, 2.75) is 25.3 Å². The van der Waals surface area contributed by atoms with Gasteiger partial charge in [-0.2, -0.15) is 0 Å². The molecule has 3 fully saturated rings. The van der Waals surface area contributed by atoms with E-state index in [1.54, 1.807) is 12.3 Å². The van der Waals surface area contributed by atoms with E-state index in [0.29, 0.717) is 5.92 Å². The second-order valence-electron chi connectivity index (χ2n) is 6.15. The zero-order valence-corrected chi connectivity index (χ0v) is 10.2. The van der Waals surface area contributed by atoms with Crippen molar-refractivity contribution in [3.8, 4) is 0 Å². The summed E-state index contributed by atoms with van der Waals surface area (Å²) in [5.41, 5.74) is 3.80. The molecule has 0 saturated heterocycles. The summed E-state index contributed by atoms with van der Waals surface area (Å²) in [5, 5.41) is 0. The summed E-state index contributed by atoms with van der Waals surface area (Å²) in [4.78, 5) is 3.94. The Morgan fingerprint density at radius 2 is 2.00 bits per heavy atom. The van der Waals surface area contributed by atoms with Gasteiger partial charge in [-0.3, -0.25) is 16.3 Å². The average Bonchev–Trinajstić information content (AvgIpc) is 2.80. The summed E-state index contributed by atoms with van der Waals surface area (Å²) >= 11 is 0. The minimum absolute atomic E-state index is 0.0756. The number of hydrogen-bond donors (Lipinski definition) is 2. The maximum Gasteiger partial charge on any atom is 0.141 e. The molecular formula is C14H18FN3. The monoisotopic (exact) mass is 247 g/mol. The highest BCUT2D eigenvalue weighted by Gasteiger charge is 2.66. The number of hydrogen-bond acceptors (Lipinski definition) is 3. The molecule has 1 heterocycles. The highest BCUT2D eigenvalue weighted by atomic mass is 19.1. The van der Waals surface area contributed by atoms with Gasteiger partial charge in [0, 0.05) is 6.20 Å². The van der Waals surface area contributed by atoms with Gasteiger partial charge in [-0.05, 0) is 60.5 Å². The Kier molecular flexibility index (Phi) is 2.26. The standard InChI is InChI=1S/C14H18FN3/c15-10-4-9(5-17-6-10)14(18-16)13-11-7-1-2-8(3-7)12(11)13/h4-8,11-14,18H,1-3,16H2. The second kappa shape index (κ2) is 3.75. The van der Waals surface area contributed by atoms with Gasteiger partial charge in [-0.15, -0.1) is 0 Å². The first kappa shape index (κ1) is 10.9. The van der Waals surface area contributed by atoms with Crippen LogP contribution >= 0.6 is 0 Å². The number of rotatable bonds is 3. The molecule has 0 spiro atoms. The van der Waals surface area contributed by atoms with Crippen LogP contribution in [0.2, 0.25) is 0 Å². The number of nitrogens with one attached hydrogen (secondary N) is 1. The van der Waals surface area contributed by atoms with Crippen LogP contribution in [0, 0.1) is 35.4 Å². The lowest BCUT2D eigenvalue weighted by molar-refractivity contribution is 0.372. The van der Waals surface area contributed by atoms with E-state index in [2.05, 4.69) is 10.4 Å². The minimum Gasteiger partial charge on any atom is -0.271 e. The number of fused-ring (bicyclic) bond motifs is 5. The maximum absolute atomic E-state index is 13.3. The van der Waals surface area contributed by atoms with Crippen molar-refractivity contribution in [1.82, 2.24) is 10.4 Å². The lowest BCUT2D eigenvalue weighted by Crippen LogP contribution is -2.31. The van der Waals surface area contributed by atoms with Crippen LogP contribution in [0.25, 0.3) is 0 Å². The predicted molar refractivity (Wildman–Crippen MR) is 65.6 cm³/mol. The molecule has 4 heteroatoms. The van der Waals surface area contributed by atoms with E-state index in [4.69, 9.17) is 5.84 Å². The van der Waals surface area contributed by atoms with Gasteiger partial charge >= 0.3 is 0 Å². The molecule has 0 radical (unpaired) electrons. The Balaban J connectivity index is 1.60. The van der Waals surface area contributed by atoms with Crippen molar-refractivity contribution >= 4 is 0 Å². The molecule has 3 aliphatic carbocycles. The lowest BCUT2D eigenvalue weighted by atomic mass is 9.94. The van der Waals surface area contributed by atoms with E-state index >= 15 is 0 Å². The van der Waals surface area contributed by atoms with Gasteiger partial charge < -0.3 is 0 Å². The summed E-state index contributed by atoms with van der Waals surface area (Å²) in [5.74, 6) is 9.50. The van der Waals surface area contributed by atoms with Crippen LogP contribution in [-0.2, 0) is 0 Å². The van der Waals surface area contributed by atoms with Crippen LogP contribution in [0.1, 0.15) is 30.9 Å². The Hall–Kier alpha value is -1.00. The molecule has 3 saturated carbocycles. The second-order valence-corrected chi connectivity index (χ2v) is 6.15. The molecule has 0 aromatic carbocycles. The molecule has 5 atom stereocenters. The third-order valence-electron chi connectivity index (χ3n) is 5.44. The molecule has 18 heavy (non-hydrogen) atoms. The van der Waals surface area contributed by atoms with Crippen molar-refractivity contribution in [2.75, 3.05) is 0 Å². The SMILES string of the molecule is NNC(c1cncc(F)c1)C1C2C3CCC(C3)C21. The fraction of sp³-hybridized carbons (Fsp3) is 0.643. The molecule has 0 aliphatic heterocycles. The number of halogens is 1. The number of pyridine rings is 1. The van der Waals surface area contributed by atoms with E-state index in [1.165, 1.54) is 25.5 Å². The Labute approximate surface area is 106 Å². The van der Waals surface area contributed by atoms with Crippen LogP contribution in [0.3, 0.4) is 0 Å². The van der Waals surface area contributed by atoms with Crippen LogP contribution < -0.4 is 11.3 Å². The van der Waals surface area contributed by atoms with Gasteiger partial charge in [0.2, 0.25) is 0 Å². The number of aromatic nitrogens is 1. The summed E-state index contributed by atoms with van der Waals surface area (Å²) in [6.07, 6.45) is 7.19. The number of nitrogens with zero attached hydrogens (tertiary/aromatic N) is 1. The molecule has 5 unspecified atom stereocenters. The largest absolute Gasteiger partial charge is 0.271 e. The molecule has 96 valence electrons. The maximum atomic E-state index is 13.3. The summed E-state index contributed by atoms with van der Waals surface area (Å²) < 4.78 is 13.3. The molecule has 3 nitrogen and oxygen atoms in total. The quantitative estimate of drug-likeness (QED) is 0.634. The van der Waals surface area contributed by atoms with Crippen molar-refractivity contribution in [2.24, 2.45) is 35.4 Å². The van der Waals surface area contributed by atoms with Crippen LogP contribution in [0.5, 0.6) is 0 Å². The van der Waals surface area contributed by atoms with Gasteiger partial charge in [-0.25, -0.2) is 4.39 Å². The molecule has 3 N–H and O–H groups in total. The number of hydrazine groups is 1. The fourth-order valence-corrected chi connectivity index (χ4v) is 4.87. The van der Waals surface area contributed by atoms with Gasteiger partial charge in [0.1, 0.15) is 5.82 Å². The third kappa shape index (κ3) is 1.39. The molecule has 2 bridgehead atoms. The van der Waals surface area contributed by atoms with E-state index < -0.39 is 0 Å². The first-order valence-corrected chi connectivity index (χ1v) is 6.86. The van der Waals surface area contributed by atoms with Gasteiger partial charge in [0.25, 0.3) is 0 Å². The normalized spacial score (nSPS) is 41.8.